The maximum atomic E-state index is 13.0. The van der Waals surface area contributed by atoms with E-state index in [1.54, 1.807) is 0 Å². The minimum Gasteiger partial charge on any atom is -0.342 e. The zero-order valence-corrected chi connectivity index (χ0v) is 16.4. The highest BCUT2D eigenvalue weighted by atomic mass is 16.2. The maximum Gasteiger partial charge on any atom is 0.223 e. The number of carbonyl (C=O) groups excluding carboxylic acids is 1. The van der Waals surface area contributed by atoms with Gasteiger partial charge in [0.2, 0.25) is 5.91 Å². The highest BCUT2D eigenvalue weighted by Crippen LogP contribution is 2.13. The first-order valence-corrected chi connectivity index (χ1v) is 10.1. The number of amides is 1. The number of nitrogens with zero attached hydrogens (tertiary/aromatic N) is 2. The Hall–Kier alpha value is -3.40. The average Bonchev–Trinajstić information content (AvgIpc) is 3.19. The number of carbonyl (C=O) groups is 1. The molecular formula is C25H25N3O. The molecule has 0 unspecified atom stereocenters. The van der Waals surface area contributed by atoms with Gasteiger partial charge in [-0.3, -0.25) is 4.79 Å². The normalized spacial score (nSPS) is 10.9. The summed E-state index contributed by atoms with van der Waals surface area (Å²) in [5.41, 5.74) is 4.36. The first-order valence-electron chi connectivity index (χ1n) is 10.1. The molecule has 0 bridgehead atoms. The van der Waals surface area contributed by atoms with E-state index in [0.717, 1.165) is 28.8 Å². The molecule has 3 aromatic carbocycles. The molecule has 0 radical (unpaired) electrons. The van der Waals surface area contributed by atoms with Crippen molar-refractivity contribution in [1.82, 2.24) is 14.9 Å². The number of imidazole rings is 1. The molecule has 0 saturated heterocycles. The van der Waals surface area contributed by atoms with Crippen LogP contribution in [-0.2, 0) is 24.2 Å². The number of rotatable bonds is 8. The van der Waals surface area contributed by atoms with Crippen LogP contribution >= 0.6 is 0 Å². The number of benzene rings is 3. The summed E-state index contributed by atoms with van der Waals surface area (Å²) in [7, 11) is 0. The van der Waals surface area contributed by atoms with Gasteiger partial charge in [0, 0.05) is 25.9 Å². The standard InChI is InChI=1S/C25H25N3O/c29-25(16-15-24-26-22-13-7-8-14-23(22)27-24)28(19-21-11-5-2-6-12-21)18-17-20-9-3-1-4-10-20/h1-14H,15-19H2,(H,26,27). The number of para-hydroxylation sites is 2. The third-order valence-electron chi connectivity index (χ3n) is 5.10. The molecule has 0 aliphatic heterocycles. The van der Waals surface area contributed by atoms with Crippen molar-refractivity contribution in [3.8, 4) is 0 Å². The summed E-state index contributed by atoms with van der Waals surface area (Å²) < 4.78 is 0. The Morgan fingerprint density at radius 1 is 0.793 bits per heavy atom. The van der Waals surface area contributed by atoms with Gasteiger partial charge in [-0.05, 0) is 29.7 Å². The van der Waals surface area contributed by atoms with Gasteiger partial charge in [0.15, 0.2) is 0 Å². The van der Waals surface area contributed by atoms with Crippen molar-refractivity contribution in [2.24, 2.45) is 0 Å². The van der Waals surface area contributed by atoms with E-state index >= 15 is 0 Å². The van der Waals surface area contributed by atoms with E-state index in [2.05, 4.69) is 34.2 Å². The van der Waals surface area contributed by atoms with Crippen LogP contribution in [0.1, 0.15) is 23.4 Å². The van der Waals surface area contributed by atoms with Crippen molar-refractivity contribution in [2.45, 2.75) is 25.8 Å². The van der Waals surface area contributed by atoms with Gasteiger partial charge in [-0.2, -0.15) is 0 Å². The zero-order valence-electron chi connectivity index (χ0n) is 16.4. The molecule has 1 aromatic heterocycles. The number of nitrogens with one attached hydrogen (secondary N) is 1. The van der Waals surface area contributed by atoms with Crippen LogP contribution in [0.15, 0.2) is 84.9 Å². The third kappa shape index (κ3) is 5.11. The van der Waals surface area contributed by atoms with Crippen LogP contribution < -0.4 is 0 Å². The number of fused-ring (bicyclic) bond motifs is 1. The lowest BCUT2D eigenvalue weighted by Crippen LogP contribution is -2.32. The van der Waals surface area contributed by atoms with Crippen LogP contribution in [0.5, 0.6) is 0 Å². The van der Waals surface area contributed by atoms with Crippen LogP contribution in [0.2, 0.25) is 0 Å². The van der Waals surface area contributed by atoms with E-state index < -0.39 is 0 Å². The van der Waals surface area contributed by atoms with Crippen molar-refractivity contribution < 1.29 is 4.79 Å². The Morgan fingerprint density at radius 2 is 1.45 bits per heavy atom. The average molecular weight is 383 g/mol. The lowest BCUT2D eigenvalue weighted by Gasteiger charge is -2.23. The summed E-state index contributed by atoms with van der Waals surface area (Å²) in [6, 6.07) is 28.5. The van der Waals surface area contributed by atoms with Crippen LogP contribution in [0, 0.1) is 0 Å². The van der Waals surface area contributed by atoms with Crippen LogP contribution in [0.3, 0.4) is 0 Å². The van der Waals surface area contributed by atoms with E-state index in [0.29, 0.717) is 25.9 Å². The third-order valence-corrected chi connectivity index (χ3v) is 5.10. The van der Waals surface area contributed by atoms with Crippen LogP contribution in [-0.4, -0.2) is 27.3 Å². The van der Waals surface area contributed by atoms with Crippen LogP contribution in [0.25, 0.3) is 11.0 Å². The predicted octanol–water partition coefficient (Wildman–Crippen LogP) is 4.77. The van der Waals surface area contributed by atoms with E-state index in [1.807, 2.05) is 65.6 Å². The van der Waals surface area contributed by atoms with Gasteiger partial charge in [-0.25, -0.2) is 4.98 Å². The molecule has 4 nitrogen and oxygen atoms in total. The topological polar surface area (TPSA) is 49.0 Å². The second-order valence-electron chi connectivity index (χ2n) is 7.24. The molecule has 0 spiro atoms. The lowest BCUT2D eigenvalue weighted by molar-refractivity contribution is -0.131. The number of aromatic amines is 1. The van der Waals surface area contributed by atoms with Crippen molar-refractivity contribution in [3.63, 3.8) is 0 Å². The van der Waals surface area contributed by atoms with Crippen LogP contribution in [0.4, 0.5) is 0 Å². The highest BCUT2D eigenvalue weighted by molar-refractivity contribution is 5.77. The lowest BCUT2D eigenvalue weighted by atomic mass is 10.1. The molecule has 0 aliphatic rings. The Kier molecular flexibility index (Phi) is 6.01. The number of aryl methyl sites for hydroxylation is 1. The molecule has 4 aromatic rings. The Labute approximate surface area is 171 Å². The van der Waals surface area contributed by atoms with Gasteiger partial charge < -0.3 is 9.88 Å². The van der Waals surface area contributed by atoms with Crippen molar-refractivity contribution >= 4 is 16.9 Å². The summed E-state index contributed by atoms with van der Waals surface area (Å²) in [5, 5.41) is 0. The fourth-order valence-electron chi connectivity index (χ4n) is 3.51. The molecule has 1 heterocycles. The van der Waals surface area contributed by atoms with E-state index in [-0.39, 0.29) is 5.91 Å². The molecule has 1 amide bonds. The largest absolute Gasteiger partial charge is 0.342 e. The molecule has 1 N–H and O–H groups in total. The summed E-state index contributed by atoms with van der Waals surface area (Å²) in [5.74, 6) is 1.02. The zero-order chi connectivity index (χ0) is 19.9. The van der Waals surface area contributed by atoms with Crippen molar-refractivity contribution in [3.05, 3.63) is 102 Å². The first kappa shape index (κ1) is 18.9. The molecule has 29 heavy (non-hydrogen) atoms. The van der Waals surface area contributed by atoms with E-state index in [1.165, 1.54) is 5.56 Å². The van der Waals surface area contributed by atoms with Gasteiger partial charge in [0.05, 0.1) is 11.0 Å². The summed E-state index contributed by atoms with van der Waals surface area (Å²) in [6.07, 6.45) is 1.91. The molecular weight excluding hydrogens is 358 g/mol. The fraction of sp³-hybridized carbons (Fsp3) is 0.200. The molecule has 4 heteroatoms. The highest BCUT2D eigenvalue weighted by Gasteiger charge is 2.15. The van der Waals surface area contributed by atoms with E-state index in [4.69, 9.17) is 0 Å². The molecule has 0 saturated carbocycles. The number of aromatic nitrogens is 2. The van der Waals surface area contributed by atoms with Gasteiger partial charge in [0.1, 0.15) is 5.82 Å². The SMILES string of the molecule is O=C(CCc1nc2ccccc2[nH]1)N(CCc1ccccc1)Cc1ccccc1. The summed E-state index contributed by atoms with van der Waals surface area (Å²) in [6.45, 7) is 1.34. The molecule has 146 valence electrons. The fourth-order valence-corrected chi connectivity index (χ4v) is 3.51. The molecule has 0 atom stereocenters. The smallest absolute Gasteiger partial charge is 0.223 e. The predicted molar refractivity (Wildman–Crippen MR) is 116 cm³/mol. The van der Waals surface area contributed by atoms with Gasteiger partial charge >= 0.3 is 0 Å². The minimum atomic E-state index is 0.158. The van der Waals surface area contributed by atoms with Crippen molar-refractivity contribution in [1.29, 1.82) is 0 Å². The first-order chi connectivity index (χ1) is 14.3. The number of H-pyrrole nitrogens is 1. The summed E-state index contributed by atoms with van der Waals surface area (Å²) in [4.78, 5) is 22.9. The Bertz CT molecular complexity index is 1020. The minimum absolute atomic E-state index is 0.158. The van der Waals surface area contributed by atoms with Gasteiger partial charge in [-0.1, -0.05) is 72.8 Å². The van der Waals surface area contributed by atoms with E-state index in [9.17, 15) is 4.79 Å². The number of hydrogen-bond acceptors (Lipinski definition) is 2. The molecule has 4 rings (SSSR count). The van der Waals surface area contributed by atoms with Gasteiger partial charge in [0.25, 0.3) is 0 Å². The quantitative estimate of drug-likeness (QED) is 0.477. The second-order valence-corrected chi connectivity index (χ2v) is 7.24. The second kappa shape index (κ2) is 9.20. The number of hydrogen-bond donors (Lipinski definition) is 1. The molecule has 0 fully saturated rings. The Morgan fingerprint density at radius 3 is 2.17 bits per heavy atom. The monoisotopic (exact) mass is 383 g/mol. The van der Waals surface area contributed by atoms with Gasteiger partial charge in [-0.15, -0.1) is 0 Å². The summed E-state index contributed by atoms with van der Waals surface area (Å²) >= 11 is 0. The van der Waals surface area contributed by atoms with Crippen molar-refractivity contribution in [2.75, 3.05) is 6.54 Å². The molecule has 0 aliphatic carbocycles. The maximum absolute atomic E-state index is 13.0. The Balaban J connectivity index is 1.42.